The lowest BCUT2D eigenvalue weighted by Gasteiger charge is -2.24. The van der Waals surface area contributed by atoms with Gasteiger partial charge in [-0.2, -0.15) is 57.9 Å². The van der Waals surface area contributed by atoms with Gasteiger partial charge in [0.1, 0.15) is 11.6 Å². The molecule has 2 aromatic heterocycles. The Kier molecular flexibility index (Phi) is 8.02. The van der Waals surface area contributed by atoms with E-state index in [0.29, 0.717) is 24.3 Å². The van der Waals surface area contributed by atoms with Crippen LogP contribution in [-0.2, 0) is 24.7 Å². The molecule has 0 aliphatic heterocycles. The topological polar surface area (TPSA) is 33.6 Å². The summed E-state index contributed by atoms with van der Waals surface area (Å²) >= 11 is 0. The molecule has 0 aliphatic rings. The predicted molar refractivity (Wildman–Crippen MR) is 185 cm³/mol. The smallest absolute Gasteiger partial charge is 0.308 e. The second kappa shape index (κ2) is 12.3. The summed E-state index contributed by atoms with van der Waals surface area (Å²) in [6.45, 7) is 0. The lowest BCUT2D eigenvalue weighted by atomic mass is 9.90. The Hall–Kier alpha value is -6.43. The fourth-order valence-electron chi connectivity index (χ4n) is 7.42. The van der Waals surface area contributed by atoms with Crippen LogP contribution < -0.4 is 0 Å². The van der Waals surface area contributed by atoms with Gasteiger partial charge in [-0.1, -0.05) is 48.5 Å². The normalized spacial score (nSPS) is 13.0. The molecule has 15 heteroatoms. The highest BCUT2D eigenvalue weighted by Crippen LogP contribution is 2.49. The van der Waals surface area contributed by atoms with Crippen LogP contribution in [0.25, 0.3) is 66.1 Å². The average Bonchev–Trinajstić information content (AvgIpc) is 3.64. The fraction of sp³-hybridized carbons (Fsp3) is 0.0976. The second-order valence-electron chi connectivity index (χ2n) is 12.9. The third-order valence-corrected chi connectivity index (χ3v) is 9.68. The molecule has 0 radical (unpaired) electrons. The Morgan fingerprint density at radius 2 is 0.875 bits per heavy atom. The van der Waals surface area contributed by atoms with Crippen LogP contribution in [0.15, 0.2) is 115 Å². The fourth-order valence-corrected chi connectivity index (χ4v) is 7.42. The molecule has 0 N–H and O–H groups in total. The quantitative estimate of drug-likeness (QED) is 0.164. The molecule has 0 atom stereocenters. The van der Waals surface area contributed by atoms with E-state index in [1.54, 1.807) is 12.1 Å². The molecule has 0 aliphatic carbocycles. The zero-order valence-electron chi connectivity index (χ0n) is 27.8. The number of alkyl halides is 12. The number of aromatic nitrogens is 2. The Morgan fingerprint density at radius 3 is 1.34 bits per heavy atom. The number of rotatable bonds is 3. The third-order valence-electron chi connectivity index (χ3n) is 9.68. The minimum absolute atomic E-state index is 0.0341. The number of nitriles is 1. The van der Waals surface area contributed by atoms with Gasteiger partial charge in [-0.3, -0.25) is 0 Å². The van der Waals surface area contributed by atoms with E-state index in [-0.39, 0.29) is 49.3 Å². The van der Waals surface area contributed by atoms with Crippen molar-refractivity contribution in [3.8, 4) is 28.6 Å². The van der Waals surface area contributed by atoms with Crippen LogP contribution in [0.4, 0.5) is 52.7 Å². The van der Waals surface area contributed by atoms with Crippen LogP contribution in [0.2, 0.25) is 0 Å². The van der Waals surface area contributed by atoms with E-state index in [9.17, 15) is 57.9 Å². The summed E-state index contributed by atoms with van der Waals surface area (Å²) in [4.78, 5) is 0. The maximum absolute atomic E-state index is 14.8. The molecule has 56 heavy (non-hydrogen) atoms. The highest BCUT2D eigenvalue weighted by atomic mass is 19.4. The number of hydrogen-bond acceptors (Lipinski definition) is 1. The first-order valence-electron chi connectivity index (χ1n) is 16.4. The molecule has 0 bridgehead atoms. The Morgan fingerprint density at radius 1 is 0.429 bits per heavy atom. The van der Waals surface area contributed by atoms with Gasteiger partial charge in [-0.25, -0.2) is 0 Å². The van der Waals surface area contributed by atoms with Crippen molar-refractivity contribution in [2.45, 2.75) is 24.7 Å². The Balaban J connectivity index is 1.60. The van der Waals surface area contributed by atoms with Gasteiger partial charge in [0.2, 0.25) is 0 Å². The van der Waals surface area contributed by atoms with E-state index in [4.69, 9.17) is 0 Å². The largest absolute Gasteiger partial charge is 0.417 e. The minimum Gasteiger partial charge on any atom is -0.308 e. The van der Waals surface area contributed by atoms with Gasteiger partial charge in [0, 0.05) is 32.7 Å². The van der Waals surface area contributed by atoms with Gasteiger partial charge in [-0.15, -0.1) is 0 Å². The number of hydrogen-bond donors (Lipinski definition) is 0. The molecule has 8 rings (SSSR count). The third kappa shape index (κ3) is 5.70. The second-order valence-corrected chi connectivity index (χ2v) is 12.9. The van der Waals surface area contributed by atoms with Crippen molar-refractivity contribution in [2.75, 3.05) is 0 Å². The molecular weight excluding hydrogens is 762 g/mol. The van der Waals surface area contributed by atoms with Crippen molar-refractivity contribution in [2.24, 2.45) is 0 Å². The number of halogens is 12. The molecular formula is C41H19F12N3. The maximum atomic E-state index is 14.8. The molecule has 0 spiro atoms. The summed E-state index contributed by atoms with van der Waals surface area (Å²) in [6.07, 6.45) is -20.3. The summed E-state index contributed by atoms with van der Waals surface area (Å²) in [7, 11) is 0. The highest BCUT2D eigenvalue weighted by Gasteiger charge is 2.42. The summed E-state index contributed by atoms with van der Waals surface area (Å²) in [5.41, 5.74) is -8.53. The number of benzene rings is 6. The van der Waals surface area contributed by atoms with E-state index in [1.165, 1.54) is 41.0 Å². The lowest BCUT2D eigenvalue weighted by Crippen LogP contribution is -2.16. The highest BCUT2D eigenvalue weighted by molar-refractivity contribution is 6.12. The SMILES string of the molecule is N#Cc1c(-n2c3ccccc3c3cc(C(F)(F)F)ccc32)ccc(-c2c(C(F)(F)F)cccc2C(F)(F)F)c1-n1c2ccccc2c2cc(C(F)(F)F)ccc21. The zero-order chi connectivity index (χ0) is 40.1. The molecule has 3 nitrogen and oxygen atoms in total. The van der Waals surface area contributed by atoms with Crippen LogP contribution in [0.5, 0.6) is 0 Å². The van der Waals surface area contributed by atoms with E-state index in [1.807, 2.05) is 6.07 Å². The van der Waals surface area contributed by atoms with Crippen molar-refractivity contribution in [3.63, 3.8) is 0 Å². The van der Waals surface area contributed by atoms with Gasteiger partial charge < -0.3 is 9.13 Å². The van der Waals surface area contributed by atoms with E-state index in [2.05, 4.69) is 0 Å². The average molecular weight is 782 g/mol. The molecule has 2 heterocycles. The Bertz CT molecular complexity index is 2900. The molecule has 0 fully saturated rings. The molecule has 8 aromatic rings. The first-order valence-corrected chi connectivity index (χ1v) is 16.4. The van der Waals surface area contributed by atoms with Crippen molar-refractivity contribution < 1.29 is 52.7 Å². The van der Waals surface area contributed by atoms with Gasteiger partial charge in [0.15, 0.2) is 0 Å². The first kappa shape index (κ1) is 36.5. The summed E-state index contributed by atoms with van der Waals surface area (Å²) < 4.78 is 175. The van der Waals surface area contributed by atoms with Crippen LogP contribution in [-0.4, -0.2) is 9.13 Å². The lowest BCUT2D eigenvalue weighted by molar-refractivity contribution is -0.142. The number of fused-ring (bicyclic) bond motifs is 6. The molecule has 0 saturated carbocycles. The summed E-state index contributed by atoms with van der Waals surface area (Å²) in [5, 5.41) is 11.4. The van der Waals surface area contributed by atoms with Gasteiger partial charge in [0.05, 0.1) is 55.7 Å². The maximum Gasteiger partial charge on any atom is 0.417 e. The van der Waals surface area contributed by atoms with E-state index in [0.717, 1.165) is 47.0 Å². The van der Waals surface area contributed by atoms with Crippen molar-refractivity contribution in [1.82, 2.24) is 9.13 Å². The van der Waals surface area contributed by atoms with Crippen molar-refractivity contribution in [1.29, 1.82) is 5.26 Å². The Labute approximate surface area is 306 Å². The van der Waals surface area contributed by atoms with Crippen LogP contribution in [0, 0.1) is 11.3 Å². The van der Waals surface area contributed by atoms with Crippen molar-refractivity contribution in [3.05, 3.63) is 143 Å². The van der Waals surface area contributed by atoms with Gasteiger partial charge >= 0.3 is 24.7 Å². The predicted octanol–water partition coefficient (Wildman–Crippen LogP) is 13.5. The zero-order valence-corrected chi connectivity index (χ0v) is 27.8. The molecule has 282 valence electrons. The summed E-state index contributed by atoms with van der Waals surface area (Å²) in [6, 6.07) is 22.6. The van der Waals surface area contributed by atoms with E-state index >= 15 is 0 Å². The van der Waals surface area contributed by atoms with E-state index < -0.39 is 69.3 Å². The molecule has 0 saturated heterocycles. The van der Waals surface area contributed by atoms with Crippen LogP contribution in [0.1, 0.15) is 27.8 Å². The van der Waals surface area contributed by atoms with Gasteiger partial charge in [-0.05, 0) is 66.7 Å². The van der Waals surface area contributed by atoms with Crippen LogP contribution >= 0.6 is 0 Å². The monoisotopic (exact) mass is 781 g/mol. The van der Waals surface area contributed by atoms with Crippen LogP contribution in [0.3, 0.4) is 0 Å². The number of para-hydroxylation sites is 2. The first-order chi connectivity index (χ1) is 26.3. The van der Waals surface area contributed by atoms with Gasteiger partial charge in [0.25, 0.3) is 0 Å². The summed E-state index contributed by atoms with van der Waals surface area (Å²) in [5.74, 6) is 0. The van der Waals surface area contributed by atoms with Crippen molar-refractivity contribution >= 4 is 43.6 Å². The molecule has 6 aromatic carbocycles. The number of nitrogens with zero attached hydrogens (tertiary/aromatic N) is 3. The standard InChI is InChI=1S/C41H19F12N3/c42-38(43,44)21-12-15-33-26(18-21)23-6-1-3-10-31(23)55(33)35-17-14-25(36-29(40(48,49)50)8-5-9-30(36)41(51,52)53)37(28(35)20-54)56-32-11-4-2-7-24(32)27-19-22(39(45,46)47)13-16-34(27)56/h1-19H. The molecule has 0 amide bonds. The molecule has 0 unspecified atom stereocenters. The minimum atomic E-state index is -5.37.